The average Bonchev–Trinajstić information content (AvgIpc) is 3.07. The number of nitrogens with one attached hydrogen (secondary N) is 2. The van der Waals surface area contributed by atoms with E-state index in [1.54, 1.807) is 12.1 Å². The van der Waals surface area contributed by atoms with Crippen LogP contribution in [0.15, 0.2) is 36.4 Å². The van der Waals surface area contributed by atoms with Crippen molar-refractivity contribution < 1.29 is 14.7 Å². The molecule has 1 fully saturated rings. The maximum Gasteiger partial charge on any atom is 0.313 e. The summed E-state index contributed by atoms with van der Waals surface area (Å²) in [7, 11) is 0. The quantitative estimate of drug-likeness (QED) is 0.584. The van der Waals surface area contributed by atoms with Crippen LogP contribution in [0.2, 0.25) is 0 Å². The van der Waals surface area contributed by atoms with Gasteiger partial charge in [-0.15, -0.1) is 0 Å². The van der Waals surface area contributed by atoms with Crippen LogP contribution in [-0.4, -0.2) is 23.5 Å². The Hall–Kier alpha value is -2.30. The standard InChI is InChI=1S/C16H18N2O3/c19-14-3-1-2-13(8-14)18-16(21)15(20)17-9-12-7-10-4-5-11(12)6-10/h1-5,8,10-12,19H,6-7,9H2,(H,17,20)(H,18,21)/t10-,11+,12+/m1/s1. The zero-order valence-electron chi connectivity index (χ0n) is 11.6. The molecule has 0 radical (unpaired) electrons. The van der Waals surface area contributed by atoms with Crippen LogP contribution in [0.5, 0.6) is 5.75 Å². The molecule has 2 aliphatic rings. The van der Waals surface area contributed by atoms with Crippen LogP contribution < -0.4 is 10.6 Å². The number of carbonyl (C=O) groups excluding carboxylic acids is 2. The first kappa shape index (κ1) is 13.7. The van der Waals surface area contributed by atoms with Crippen LogP contribution in [0.3, 0.4) is 0 Å². The lowest BCUT2D eigenvalue weighted by atomic mass is 9.94. The van der Waals surface area contributed by atoms with Gasteiger partial charge in [0, 0.05) is 18.3 Å². The van der Waals surface area contributed by atoms with Gasteiger partial charge in [0.1, 0.15) is 5.75 Å². The molecular formula is C16H18N2O3. The molecule has 21 heavy (non-hydrogen) atoms. The second-order valence-electron chi connectivity index (χ2n) is 5.75. The van der Waals surface area contributed by atoms with Crippen molar-refractivity contribution in [3.8, 4) is 5.75 Å². The Balaban J connectivity index is 1.49. The van der Waals surface area contributed by atoms with Gasteiger partial charge in [-0.2, -0.15) is 0 Å². The lowest BCUT2D eigenvalue weighted by Gasteiger charge is -2.18. The van der Waals surface area contributed by atoms with Gasteiger partial charge < -0.3 is 15.7 Å². The second-order valence-corrected chi connectivity index (χ2v) is 5.75. The van der Waals surface area contributed by atoms with Gasteiger partial charge in [-0.25, -0.2) is 0 Å². The summed E-state index contributed by atoms with van der Waals surface area (Å²) in [6.45, 7) is 0.539. The number of allylic oxidation sites excluding steroid dienone is 2. The monoisotopic (exact) mass is 286 g/mol. The highest BCUT2D eigenvalue weighted by Gasteiger charge is 2.35. The molecule has 1 aromatic rings. The number of carbonyl (C=O) groups is 2. The molecule has 2 bridgehead atoms. The van der Waals surface area contributed by atoms with Gasteiger partial charge in [0.2, 0.25) is 0 Å². The summed E-state index contributed by atoms with van der Waals surface area (Å²) in [5, 5.41) is 14.5. The van der Waals surface area contributed by atoms with Gasteiger partial charge in [-0.3, -0.25) is 9.59 Å². The molecule has 5 heteroatoms. The zero-order chi connectivity index (χ0) is 14.8. The molecule has 3 rings (SSSR count). The van der Waals surface area contributed by atoms with Crippen LogP contribution in [0.4, 0.5) is 5.69 Å². The summed E-state index contributed by atoms with van der Waals surface area (Å²) in [6, 6.07) is 6.11. The summed E-state index contributed by atoms with van der Waals surface area (Å²) in [4.78, 5) is 23.6. The van der Waals surface area contributed by atoms with Gasteiger partial charge in [-0.05, 0) is 42.7 Å². The van der Waals surface area contributed by atoms with Crippen LogP contribution in [0, 0.1) is 17.8 Å². The zero-order valence-corrected chi connectivity index (χ0v) is 11.6. The number of phenols is 1. The van der Waals surface area contributed by atoms with Crippen molar-refractivity contribution in [2.24, 2.45) is 17.8 Å². The van der Waals surface area contributed by atoms with E-state index < -0.39 is 11.8 Å². The molecule has 0 aromatic heterocycles. The number of hydrogen-bond acceptors (Lipinski definition) is 3. The molecule has 110 valence electrons. The number of anilines is 1. The largest absolute Gasteiger partial charge is 0.508 e. The van der Waals surface area contributed by atoms with Crippen molar-refractivity contribution in [3.63, 3.8) is 0 Å². The van der Waals surface area contributed by atoms with E-state index in [2.05, 4.69) is 22.8 Å². The van der Waals surface area contributed by atoms with E-state index in [0.29, 0.717) is 30.0 Å². The van der Waals surface area contributed by atoms with Crippen LogP contribution in [-0.2, 0) is 9.59 Å². The van der Waals surface area contributed by atoms with E-state index in [0.717, 1.165) is 6.42 Å². The molecule has 0 saturated heterocycles. The summed E-state index contributed by atoms with van der Waals surface area (Å²) >= 11 is 0. The van der Waals surface area contributed by atoms with E-state index in [4.69, 9.17) is 0 Å². The number of benzene rings is 1. The number of rotatable bonds is 3. The maximum absolute atomic E-state index is 11.8. The van der Waals surface area contributed by atoms with Crippen LogP contribution in [0.1, 0.15) is 12.8 Å². The average molecular weight is 286 g/mol. The molecule has 0 heterocycles. The molecular weight excluding hydrogens is 268 g/mol. The van der Waals surface area contributed by atoms with E-state index in [9.17, 15) is 14.7 Å². The Morgan fingerprint density at radius 2 is 2.05 bits per heavy atom. The third-order valence-electron chi connectivity index (χ3n) is 4.25. The normalized spacial score (nSPS) is 25.8. The Kier molecular flexibility index (Phi) is 3.64. The molecule has 0 spiro atoms. The number of hydrogen-bond donors (Lipinski definition) is 3. The maximum atomic E-state index is 11.8. The number of fused-ring (bicyclic) bond motifs is 2. The summed E-state index contributed by atoms with van der Waals surface area (Å²) in [6.07, 6.45) is 6.74. The lowest BCUT2D eigenvalue weighted by molar-refractivity contribution is -0.136. The Bertz CT molecular complexity index is 597. The smallest absolute Gasteiger partial charge is 0.313 e. The minimum absolute atomic E-state index is 0.0435. The molecule has 1 aromatic carbocycles. The molecule has 2 aliphatic carbocycles. The topological polar surface area (TPSA) is 78.4 Å². The molecule has 3 N–H and O–H groups in total. The van der Waals surface area contributed by atoms with E-state index in [1.807, 2.05) is 0 Å². The van der Waals surface area contributed by atoms with Gasteiger partial charge in [-0.1, -0.05) is 18.2 Å². The first-order chi connectivity index (χ1) is 10.1. The number of phenolic OH excluding ortho intramolecular Hbond substituents is 1. The van der Waals surface area contributed by atoms with E-state index >= 15 is 0 Å². The molecule has 0 aliphatic heterocycles. The van der Waals surface area contributed by atoms with Crippen molar-refractivity contribution in [2.45, 2.75) is 12.8 Å². The summed E-state index contributed by atoms with van der Waals surface area (Å²) < 4.78 is 0. The predicted molar refractivity (Wildman–Crippen MR) is 78.6 cm³/mol. The highest BCUT2D eigenvalue weighted by atomic mass is 16.3. The van der Waals surface area contributed by atoms with E-state index in [-0.39, 0.29) is 5.75 Å². The van der Waals surface area contributed by atoms with Crippen LogP contribution in [0.25, 0.3) is 0 Å². The van der Waals surface area contributed by atoms with Gasteiger partial charge in [0.25, 0.3) is 0 Å². The van der Waals surface area contributed by atoms with Crippen molar-refractivity contribution in [3.05, 3.63) is 36.4 Å². The Morgan fingerprint density at radius 1 is 1.19 bits per heavy atom. The van der Waals surface area contributed by atoms with E-state index in [1.165, 1.54) is 18.6 Å². The highest BCUT2D eigenvalue weighted by molar-refractivity contribution is 6.39. The second kappa shape index (κ2) is 5.60. The number of aromatic hydroxyl groups is 1. The highest BCUT2D eigenvalue weighted by Crippen LogP contribution is 2.42. The molecule has 1 saturated carbocycles. The molecule has 3 atom stereocenters. The van der Waals surface area contributed by atoms with Crippen molar-refractivity contribution in [1.29, 1.82) is 0 Å². The molecule has 5 nitrogen and oxygen atoms in total. The Morgan fingerprint density at radius 3 is 2.71 bits per heavy atom. The van der Waals surface area contributed by atoms with Crippen molar-refractivity contribution >= 4 is 17.5 Å². The number of amides is 2. The summed E-state index contributed by atoms with van der Waals surface area (Å²) in [5.74, 6) is 0.339. The minimum atomic E-state index is -0.709. The first-order valence-corrected chi connectivity index (χ1v) is 7.18. The van der Waals surface area contributed by atoms with Crippen molar-refractivity contribution in [2.75, 3.05) is 11.9 Å². The fourth-order valence-corrected chi connectivity index (χ4v) is 3.20. The van der Waals surface area contributed by atoms with Gasteiger partial charge >= 0.3 is 11.8 Å². The Labute approximate surface area is 123 Å². The third-order valence-corrected chi connectivity index (χ3v) is 4.25. The molecule has 0 unspecified atom stereocenters. The fraction of sp³-hybridized carbons (Fsp3) is 0.375. The van der Waals surface area contributed by atoms with Gasteiger partial charge in [0.05, 0.1) is 0 Å². The third kappa shape index (κ3) is 3.07. The SMILES string of the molecule is O=C(NC[C@@H]1C[C@@H]2C=C[C@H]1C2)C(=O)Nc1cccc(O)c1. The predicted octanol–water partition coefficient (Wildman–Crippen LogP) is 1.66. The lowest BCUT2D eigenvalue weighted by Crippen LogP contribution is -2.38. The first-order valence-electron chi connectivity index (χ1n) is 7.18. The van der Waals surface area contributed by atoms with Gasteiger partial charge in [0.15, 0.2) is 0 Å². The summed E-state index contributed by atoms with van der Waals surface area (Å²) in [5.41, 5.74) is 0.401. The molecule has 2 amide bonds. The van der Waals surface area contributed by atoms with Crippen molar-refractivity contribution in [1.82, 2.24) is 5.32 Å². The fourth-order valence-electron chi connectivity index (χ4n) is 3.20. The van der Waals surface area contributed by atoms with Crippen LogP contribution >= 0.6 is 0 Å². The minimum Gasteiger partial charge on any atom is -0.508 e.